The van der Waals surface area contributed by atoms with Gasteiger partial charge < -0.3 is 4.74 Å². The minimum Gasteiger partial charge on any atom is -0.486 e. The molecule has 0 unspecified atom stereocenters. The second kappa shape index (κ2) is 6.48. The van der Waals surface area contributed by atoms with Crippen molar-refractivity contribution in [3.63, 3.8) is 0 Å². The second-order valence-electron chi connectivity index (χ2n) is 4.09. The van der Waals surface area contributed by atoms with Gasteiger partial charge in [-0.15, -0.1) is 0 Å². The fourth-order valence-corrected chi connectivity index (χ4v) is 2.18. The summed E-state index contributed by atoms with van der Waals surface area (Å²) in [5, 5.41) is 0. The van der Waals surface area contributed by atoms with E-state index in [1.807, 2.05) is 18.2 Å². The largest absolute Gasteiger partial charge is 0.486 e. The smallest absolute Gasteiger partial charge is 0.174 e. The SMILES string of the molecule is O=C(COc1ccccc1)Cc1cc(F)cc(Br)c1. The molecule has 2 aromatic rings. The molecule has 0 atom stereocenters. The van der Waals surface area contributed by atoms with E-state index in [4.69, 9.17) is 4.74 Å². The van der Waals surface area contributed by atoms with E-state index < -0.39 is 0 Å². The number of hydrogen-bond acceptors (Lipinski definition) is 2. The predicted molar refractivity (Wildman–Crippen MR) is 74.7 cm³/mol. The molecule has 0 radical (unpaired) electrons. The number of ketones is 1. The molecule has 98 valence electrons. The van der Waals surface area contributed by atoms with E-state index in [2.05, 4.69) is 15.9 Å². The van der Waals surface area contributed by atoms with Crippen molar-refractivity contribution in [3.05, 3.63) is 64.4 Å². The molecule has 0 heterocycles. The quantitative estimate of drug-likeness (QED) is 0.837. The van der Waals surface area contributed by atoms with Crippen LogP contribution < -0.4 is 4.74 Å². The summed E-state index contributed by atoms with van der Waals surface area (Å²) in [5.74, 6) is 0.193. The Morgan fingerprint density at radius 3 is 2.58 bits per heavy atom. The molecule has 0 saturated heterocycles. The lowest BCUT2D eigenvalue weighted by atomic mass is 10.1. The van der Waals surface area contributed by atoms with Gasteiger partial charge in [-0.1, -0.05) is 34.1 Å². The third-order valence-corrected chi connectivity index (χ3v) is 2.92. The Morgan fingerprint density at radius 1 is 1.16 bits per heavy atom. The lowest BCUT2D eigenvalue weighted by Crippen LogP contribution is -2.13. The van der Waals surface area contributed by atoms with E-state index >= 15 is 0 Å². The molecule has 0 spiro atoms. The van der Waals surface area contributed by atoms with E-state index in [1.165, 1.54) is 12.1 Å². The van der Waals surface area contributed by atoms with E-state index in [0.29, 0.717) is 15.8 Å². The van der Waals surface area contributed by atoms with Crippen molar-refractivity contribution in [1.82, 2.24) is 0 Å². The Hall–Kier alpha value is -1.68. The number of carbonyl (C=O) groups excluding carboxylic acids is 1. The van der Waals surface area contributed by atoms with Crippen LogP contribution in [-0.4, -0.2) is 12.4 Å². The Kier molecular flexibility index (Phi) is 4.68. The van der Waals surface area contributed by atoms with Crippen molar-refractivity contribution >= 4 is 21.7 Å². The number of carbonyl (C=O) groups is 1. The van der Waals surface area contributed by atoms with Gasteiger partial charge in [0, 0.05) is 10.9 Å². The van der Waals surface area contributed by atoms with Gasteiger partial charge in [0.1, 0.15) is 18.2 Å². The maximum absolute atomic E-state index is 13.2. The minimum atomic E-state index is -0.360. The van der Waals surface area contributed by atoms with E-state index in [1.54, 1.807) is 18.2 Å². The first-order valence-corrected chi connectivity index (χ1v) is 6.57. The van der Waals surface area contributed by atoms with Crippen LogP contribution in [0.1, 0.15) is 5.56 Å². The third kappa shape index (κ3) is 4.48. The lowest BCUT2D eigenvalue weighted by molar-refractivity contribution is -0.120. The molecule has 0 amide bonds. The van der Waals surface area contributed by atoms with Crippen molar-refractivity contribution in [3.8, 4) is 5.75 Å². The third-order valence-electron chi connectivity index (χ3n) is 2.47. The van der Waals surface area contributed by atoms with Crippen LogP contribution in [0, 0.1) is 5.82 Å². The van der Waals surface area contributed by atoms with Gasteiger partial charge in [-0.2, -0.15) is 0 Å². The number of benzene rings is 2. The Balaban J connectivity index is 1.91. The average molecular weight is 323 g/mol. The molecule has 19 heavy (non-hydrogen) atoms. The van der Waals surface area contributed by atoms with Crippen LogP contribution >= 0.6 is 15.9 Å². The number of hydrogen-bond donors (Lipinski definition) is 0. The minimum absolute atomic E-state index is 0.0157. The van der Waals surface area contributed by atoms with Gasteiger partial charge in [0.25, 0.3) is 0 Å². The van der Waals surface area contributed by atoms with Crippen LogP contribution in [-0.2, 0) is 11.2 Å². The highest BCUT2D eigenvalue weighted by molar-refractivity contribution is 9.10. The summed E-state index contributed by atoms with van der Waals surface area (Å²) in [6, 6.07) is 13.5. The number of ether oxygens (including phenoxy) is 1. The first kappa shape index (κ1) is 13.7. The van der Waals surface area contributed by atoms with Crippen LogP contribution in [0.4, 0.5) is 4.39 Å². The van der Waals surface area contributed by atoms with Gasteiger partial charge in [-0.3, -0.25) is 4.79 Å². The summed E-state index contributed by atoms with van der Waals surface area (Å²) in [6.07, 6.45) is 0.156. The van der Waals surface area contributed by atoms with Crippen LogP contribution in [0.3, 0.4) is 0 Å². The van der Waals surface area contributed by atoms with Crippen LogP contribution in [0.15, 0.2) is 53.0 Å². The normalized spacial score (nSPS) is 10.2. The number of halogens is 2. The lowest BCUT2D eigenvalue weighted by Gasteiger charge is -2.05. The van der Waals surface area contributed by atoms with Gasteiger partial charge in [0.15, 0.2) is 5.78 Å². The molecule has 0 bridgehead atoms. The summed E-state index contributed by atoms with van der Waals surface area (Å²) < 4.78 is 19.1. The van der Waals surface area contributed by atoms with Gasteiger partial charge in [0.05, 0.1) is 0 Å². The van der Waals surface area contributed by atoms with Crippen LogP contribution in [0.25, 0.3) is 0 Å². The zero-order valence-electron chi connectivity index (χ0n) is 10.1. The molecular formula is C15H12BrFO2. The number of para-hydroxylation sites is 1. The first-order chi connectivity index (χ1) is 9.13. The summed E-state index contributed by atoms with van der Waals surface area (Å²) in [5.41, 5.74) is 0.633. The monoisotopic (exact) mass is 322 g/mol. The summed E-state index contributed by atoms with van der Waals surface area (Å²) >= 11 is 3.20. The van der Waals surface area contributed by atoms with Crippen molar-refractivity contribution in [2.45, 2.75) is 6.42 Å². The predicted octanol–water partition coefficient (Wildman–Crippen LogP) is 3.78. The number of rotatable bonds is 5. The summed E-state index contributed by atoms with van der Waals surface area (Å²) in [7, 11) is 0. The highest BCUT2D eigenvalue weighted by Crippen LogP contribution is 2.15. The molecular weight excluding hydrogens is 311 g/mol. The number of Topliss-reactive ketones (excluding diaryl/α,β-unsaturated/α-hetero) is 1. The molecule has 0 saturated carbocycles. The zero-order chi connectivity index (χ0) is 13.7. The molecule has 0 aromatic heterocycles. The van der Waals surface area contributed by atoms with Crippen molar-refractivity contribution in [2.75, 3.05) is 6.61 Å². The van der Waals surface area contributed by atoms with Gasteiger partial charge >= 0.3 is 0 Å². The zero-order valence-corrected chi connectivity index (χ0v) is 11.7. The first-order valence-electron chi connectivity index (χ1n) is 5.78. The molecule has 2 aromatic carbocycles. The Bertz CT molecular complexity index is 549. The van der Waals surface area contributed by atoms with Crippen molar-refractivity contribution in [1.29, 1.82) is 0 Å². The van der Waals surface area contributed by atoms with Gasteiger partial charge in [-0.05, 0) is 35.9 Å². The average Bonchev–Trinajstić information content (AvgIpc) is 2.36. The maximum atomic E-state index is 13.2. The molecule has 0 aliphatic heterocycles. The summed E-state index contributed by atoms with van der Waals surface area (Å²) in [4.78, 5) is 11.7. The molecule has 0 aliphatic rings. The second-order valence-corrected chi connectivity index (χ2v) is 5.01. The fourth-order valence-electron chi connectivity index (χ4n) is 1.67. The van der Waals surface area contributed by atoms with Crippen molar-refractivity contribution in [2.24, 2.45) is 0 Å². The van der Waals surface area contributed by atoms with E-state index in [9.17, 15) is 9.18 Å². The van der Waals surface area contributed by atoms with E-state index in [-0.39, 0.29) is 24.6 Å². The van der Waals surface area contributed by atoms with Gasteiger partial charge in [-0.25, -0.2) is 4.39 Å². The fraction of sp³-hybridized carbons (Fsp3) is 0.133. The van der Waals surface area contributed by atoms with Gasteiger partial charge in [0.2, 0.25) is 0 Å². The molecule has 0 N–H and O–H groups in total. The summed E-state index contributed by atoms with van der Waals surface area (Å²) in [6.45, 7) is -0.0157. The van der Waals surface area contributed by atoms with E-state index in [0.717, 1.165) is 0 Å². The molecule has 2 rings (SSSR count). The molecule has 4 heteroatoms. The Labute approximate surface area is 119 Å². The highest BCUT2D eigenvalue weighted by Gasteiger charge is 2.07. The molecule has 0 aliphatic carbocycles. The van der Waals surface area contributed by atoms with Crippen LogP contribution in [0.2, 0.25) is 0 Å². The highest BCUT2D eigenvalue weighted by atomic mass is 79.9. The topological polar surface area (TPSA) is 26.3 Å². The maximum Gasteiger partial charge on any atom is 0.174 e. The molecule has 2 nitrogen and oxygen atoms in total. The Morgan fingerprint density at radius 2 is 1.89 bits per heavy atom. The standard InChI is InChI=1S/C15H12BrFO2/c16-12-6-11(7-13(17)9-12)8-14(18)10-19-15-4-2-1-3-5-15/h1-7,9H,8,10H2. The molecule has 0 fully saturated rings. The van der Waals surface area contributed by atoms with Crippen LogP contribution in [0.5, 0.6) is 5.75 Å². The van der Waals surface area contributed by atoms with Crippen molar-refractivity contribution < 1.29 is 13.9 Å².